The van der Waals surface area contributed by atoms with Crippen LogP contribution < -0.4 is 15.2 Å². The molecule has 0 spiro atoms. The molecule has 1 atom stereocenters. The molecule has 1 unspecified atom stereocenters. The van der Waals surface area contributed by atoms with Crippen molar-refractivity contribution < 1.29 is 26.7 Å². The number of hydrogen-bond donors (Lipinski definition) is 2. The quantitative estimate of drug-likeness (QED) is 0.201. The monoisotopic (exact) mass is 673 g/mol. The normalized spacial score (nSPS) is 17.6. The fourth-order valence-electron chi connectivity index (χ4n) is 5.94. The molecule has 2 heterocycles. The second kappa shape index (κ2) is 13.0. The molecular formula is C33H34ClF2N3O4S2. The number of amides is 1. The van der Waals surface area contributed by atoms with Crippen molar-refractivity contribution in [2.45, 2.75) is 67.5 Å². The number of alkyl halides is 2. The third kappa shape index (κ3) is 7.02. The van der Waals surface area contributed by atoms with E-state index in [-0.39, 0.29) is 30.1 Å². The highest BCUT2D eigenvalue weighted by molar-refractivity contribution is 7.89. The number of halogens is 3. The van der Waals surface area contributed by atoms with E-state index < -0.39 is 33.5 Å². The van der Waals surface area contributed by atoms with Crippen LogP contribution in [-0.2, 0) is 20.7 Å². The van der Waals surface area contributed by atoms with Gasteiger partial charge in [-0.15, -0.1) is 11.3 Å². The molecule has 45 heavy (non-hydrogen) atoms. The van der Waals surface area contributed by atoms with Gasteiger partial charge in [0.25, 0.3) is 5.92 Å². The lowest BCUT2D eigenvalue weighted by Crippen LogP contribution is -2.57. The van der Waals surface area contributed by atoms with Crippen molar-refractivity contribution in [3.63, 3.8) is 0 Å². The summed E-state index contributed by atoms with van der Waals surface area (Å²) in [6, 6.07) is 16.2. The fraction of sp³-hybridized carbons (Fsp3) is 0.364. The Morgan fingerprint density at radius 2 is 1.62 bits per heavy atom. The standard InChI is InChI=1S/C33H34ClF2N3O4S2/c34-30-14-13-29(44-30)21-5-9-24(10-6-21)33(35,36)31(32(40)39-17-15-25(37)16-18-39)38-45(41,42)28-12-8-22-19-27(11-7-23(22)20-28)43-26-3-1-2-4-26/h5-14,19-20,25-26,31,38H,1-4,15-18,37H2. The Labute approximate surface area is 270 Å². The Morgan fingerprint density at radius 3 is 2.29 bits per heavy atom. The van der Waals surface area contributed by atoms with Crippen molar-refractivity contribution in [1.29, 1.82) is 0 Å². The third-order valence-electron chi connectivity index (χ3n) is 8.56. The molecule has 2 aliphatic rings. The van der Waals surface area contributed by atoms with Gasteiger partial charge in [-0.2, -0.15) is 13.5 Å². The fourth-order valence-corrected chi connectivity index (χ4v) is 8.21. The number of likely N-dealkylation sites (tertiary alicyclic amines) is 1. The molecule has 0 bridgehead atoms. The molecular weight excluding hydrogens is 640 g/mol. The van der Waals surface area contributed by atoms with E-state index in [4.69, 9.17) is 22.1 Å². The molecule has 7 nitrogen and oxygen atoms in total. The second-order valence-corrected chi connectivity index (χ2v) is 15.1. The van der Waals surface area contributed by atoms with Crippen LogP contribution in [0.2, 0.25) is 4.34 Å². The Bertz CT molecular complexity index is 1790. The summed E-state index contributed by atoms with van der Waals surface area (Å²) < 4.78 is 68.7. The first kappa shape index (κ1) is 31.9. The van der Waals surface area contributed by atoms with E-state index >= 15 is 8.78 Å². The molecule has 6 rings (SSSR count). The molecule has 1 amide bonds. The Hall–Kier alpha value is -3.09. The minimum Gasteiger partial charge on any atom is -0.490 e. The van der Waals surface area contributed by atoms with Crippen molar-refractivity contribution in [2.75, 3.05) is 13.1 Å². The number of nitrogens with zero attached hydrogens (tertiary/aromatic N) is 1. The highest BCUT2D eigenvalue weighted by Gasteiger charge is 2.50. The Kier molecular flexibility index (Phi) is 9.18. The highest BCUT2D eigenvalue weighted by Crippen LogP contribution is 2.37. The molecule has 1 saturated heterocycles. The number of carbonyl (C=O) groups excluding carboxylic acids is 1. The van der Waals surface area contributed by atoms with Crippen molar-refractivity contribution in [3.05, 3.63) is 82.7 Å². The van der Waals surface area contributed by atoms with Gasteiger partial charge >= 0.3 is 0 Å². The van der Waals surface area contributed by atoms with Crippen LogP contribution in [-0.4, -0.2) is 50.5 Å². The van der Waals surface area contributed by atoms with E-state index in [2.05, 4.69) is 4.72 Å². The third-order valence-corrected chi connectivity index (χ3v) is 11.3. The van der Waals surface area contributed by atoms with Crippen LogP contribution in [0.3, 0.4) is 0 Å². The topological polar surface area (TPSA) is 102 Å². The van der Waals surface area contributed by atoms with Gasteiger partial charge in [-0.05, 0) is 91.3 Å². The Balaban J connectivity index is 1.29. The molecule has 4 aromatic rings. The average Bonchev–Trinajstić information content (AvgIpc) is 3.71. The predicted molar refractivity (Wildman–Crippen MR) is 173 cm³/mol. The van der Waals surface area contributed by atoms with Gasteiger partial charge in [-0.3, -0.25) is 4.79 Å². The lowest BCUT2D eigenvalue weighted by atomic mass is 9.97. The van der Waals surface area contributed by atoms with Gasteiger partial charge in [-0.1, -0.05) is 48.0 Å². The van der Waals surface area contributed by atoms with Crippen LogP contribution in [0.25, 0.3) is 21.2 Å². The van der Waals surface area contributed by atoms with Crippen LogP contribution in [0, 0.1) is 0 Å². The number of sulfonamides is 1. The lowest BCUT2D eigenvalue weighted by molar-refractivity contribution is -0.145. The van der Waals surface area contributed by atoms with Gasteiger partial charge in [0.1, 0.15) is 5.75 Å². The SMILES string of the molecule is NC1CCN(C(=O)C(NS(=O)(=O)c2ccc3cc(OC4CCCC4)ccc3c2)C(F)(F)c2ccc(-c3ccc(Cl)s3)cc2)CC1. The summed E-state index contributed by atoms with van der Waals surface area (Å²) in [6.07, 6.45) is 5.32. The number of hydrogen-bond acceptors (Lipinski definition) is 6. The van der Waals surface area contributed by atoms with Crippen LogP contribution in [0.4, 0.5) is 8.78 Å². The van der Waals surface area contributed by atoms with Crippen molar-refractivity contribution in [1.82, 2.24) is 9.62 Å². The lowest BCUT2D eigenvalue weighted by Gasteiger charge is -2.35. The van der Waals surface area contributed by atoms with Gasteiger partial charge in [-0.25, -0.2) is 8.42 Å². The molecule has 1 aliphatic carbocycles. The van der Waals surface area contributed by atoms with Gasteiger partial charge < -0.3 is 15.4 Å². The largest absolute Gasteiger partial charge is 0.490 e. The summed E-state index contributed by atoms with van der Waals surface area (Å²) >= 11 is 7.34. The van der Waals surface area contributed by atoms with E-state index in [0.717, 1.165) is 35.9 Å². The average molecular weight is 674 g/mol. The molecule has 3 N–H and O–H groups in total. The van der Waals surface area contributed by atoms with Crippen molar-refractivity contribution >= 4 is 49.6 Å². The zero-order chi connectivity index (χ0) is 31.8. The molecule has 3 aromatic carbocycles. The molecule has 238 valence electrons. The molecule has 1 saturated carbocycles. The first-order valence-electron chi connectivity index (χ1n) is 15.0. The summed E-state index contributed by atoms with van der Waals surface area (Å²) in [5.41, 5.74) is 6.16. The summed E-state index contributed by atoms with van der Waals surface area (Å²) in [5.74, 6) is -4.18. The molecule has 2 fully saturated rings. The molecule has 1 aromatic heterocycles. The summed E-state index contributed by atoms with van der Waals surface area (Å²) in [5, 5.41) is 1.35. The van der Waals surface area contributed by atoms with E-state index in [0.29, 0.717) is 33.9 Å². The number of benzene rings is 3. The molecule has 0 radical (unpaired) electrons. The first-order chi connectivity index (χ1) is 21.5. The minimum absolute atomic E-state index is 0.148. The zero-order valence-electron chi connectivity index (χ0n) is 24.4. The van der Waals surface area contributed by atoms with Crippen LogP contribution in [0.5, 0.6) is 5.75 Å². The number of rotatable bonds is 9. The van der Waals surface area contributed by atoms with Crippen LogP contribution in [0.15, 0.2) is 77.7 Å². The van der Waals surface area contributed by atoms with Crippen molar-refractivity contribution in [2.24, 2.45) is 5.73 Å². The van der Waals surface area contributed by atoms with Crippen molar-refractivity contribution in [3.8, 4) is 16.2 Å². The van der Waals surface area contributed by atoms with Gasteiger partial charge in [0.05, 0.1) is 15.3 Å². The second-order valence-electron chi connectivity index (χ2n) is 11.7. The van der Waals surface area contributed by atoms with Gasteiger partial charge in [0, 0.05) is 29.6 Å². The van der Waals surface area contributed by atoms with Gasteiger partial charge in [0.2, 0.25) is 15.9 Å². The number of carbonyl (C=O) groups is 1. The van der Waals surface area contributed by atoms with Crippen LogP contribution in [0.1, 0.15) is 44.1 Å². The number of nitrogens with two attached hydrogens (primary N) is 1. The van der Waals surface area contributed by atoms with Crippen LogP contribution >= 0.6 is 22.9 Å². The van der Waals surface area contributed by atoms with Gasteiger partial charge in [0.15, 0.2) is 6.04 Å². The smallest absolute Gasteiger partial charge is 0.298 e. The molecule has 12 heteroatoms. The predicted octanol–water partition coefficient (Wildman–Crippen LogP) is 6.93. The highest BCUT2D eigenvalue weighted by atomic mass is 35.5. The number of piperidine rings is 1. The summed E-state index contributed by atoms with van der Waals surface area (Å²) in [4.78, 5) is 15.5. The van der Waals surface area contributed by atoms with E-state index in [1.54, 1.807) is 30.3 Å². The van der Waals surface area contributed by atoms with E-state index in [9.17, 15) is 13.2 Å². The number of ether oxygens (including phenoxy) is 1. The maximum atomic E-state index is 16.3. The Morgan fingerprint density at radius 1 is 0.956 bits per heavy atom. The maximum absolute atomic E-state index is 16.3. The van der Waals surface area contributed by atoms with E-state index in [1.165, 1.54) is 52.6 Å². The number of fused-ring (bicyclic) bond motifs is 1. The minimum atomic E-state index is -4.56. The number of nitrogens with one attached hydrogen (secondary N) is 1. The molecule has 1 aliphatic heterocycles. The zero-order valence-corrected chi connectivity index (χ0v) is 26.8. The maximum Gasteiger partial charge on any atom is 0.298 e. The summed E-state index contributed by atoms with van der Waals surface area (Å²) in [7, 11) is -4.56. The number of thiophene rings is 1. The summed E-state index contributed by atoms with van der Waals surface area (Å²) in [6.45, 7) is 0.321. The van der Waals surface area contributed by atoms with E-state index in [1.807, 2.05) is 6.07 Å². The first-order valence-corrected chi connectivity index (χ1v) is 17.7.